The molecule has 0 saturated heterocycles. The Labute approximate surface area is 183 Å². The fraction of sp³-hybridized carbons (Fsp3) is 0.458. The van der Waals surface area contributed by atoms with Crippen molar-refractivity contribution in [2.75, 3.05) is 0 Å². The highest BCUT2D eigenvalue weighted by molar-refractivity contribution is 6.08. The fourth-order valence-corrected chi connectivity index (χ4v) is 4.25. The van der Waals surface area contributed by atoms with Gasteiger partial charge in [0.2, 0.25) is 0 Å². The summed E-state index contributed by atoms with van der Waals surface area (Å²) in [5.74, 6) is -1.98. The molecule has 1 aliphatic carbocycles. The third-order valence-corrected chi connectivity index (χ3v) is 6.35. The molecule has 3 rings (SSSR count). The van der Waals surface area contributed by atoms with Crippen LogP contribution in [0, 0.1) is 24.5 Å². The van der Waals surface area contributed by atoms with Gasteiger partial charge in [0, 0.05) is 23.7 Å². The maximum Gasteiger partial charge on any atom is 0.323 e. The minimum absolute atomic E-state index is 0.0938. The van der Waals surface area contributed by atoms with Crippen molar-refractivity contribution < 1.29 is 18.7 Å². The van der Waals surface area contributed by atoms with E-state index >= 15 is 0 Å². The summed E-state index contributed by atoms with van der Waals surface area (Å²) >= 11 is 0. The van der Waals surface area contributed by atoms with Crippen LogP contribution in [0.25, 0.3) is 11.1 Å². The van der Waals surface area contributed by atoms with E-state index in [4.69, 9.17) is 13.6 Å². The number of carbonyl (C=O) groups is 1. The second-order valence-electron chi connectivity index (χ2n) is 8.63. The molecule has 0 amide bonds. The molecule has 31 heavy (non-hydrogen) atoms. The first-order valence-electron chi connectivity index (χ1n) is 10.7. The number of nitrogens with one attached hydrogen (secondary N) is 1. The van der Waals surface area contributed by atoms with Gasteiger partial charge in [-0.15, -0.1) is 0 Å². The Hall–Kier alpha value is -2.25. The monoisotopic (exact) mass is 426 g/mol. The van der Waals surface area contributed by atoms with Crippen LogP contribution in [-0.2, 0) is 11.3 Å². The second-order valence-corrected chi connectivity index (χ2v) is 8.63. The first-order valence-corrected chi connectivity index (χ1v) is 10.7. The molecule has 164 valence electrons. The van der Waals surface area contributed by atoms with Gasteiger partial charge in [0.15, 0.2) is 0 Å². The molecule has 1 atom stereocenters. The van der Waals surface area contributed by atoms with E-state index in [-0.39, 0.29) is 23.1 Å². The Morgan fingerprint density at radius 1 is 1.16 bits per heavy atom. The number of carboxylic acid groups (broad SMARTS) is 1. The Balaban J connectivity index is 1.56. The molecule has 1 aliphatic rings. The number of aryl methyl sites for hydroxylation is 1. The smallest absolute Gasteiger partial charge is 0.323 e. The van der Waals surface area contributed by atoms with E-state index < -0.39 is 23.1 Å². The summed E-state index contributed by atoms with van der Waals surface area (Å²) in [6, 6.07) is 9.56. The van der Waals surface area contributed by atoms with Crippen molar-refractivity contribution in [2.45, 2.75) is 63.5 Å². The van der Waals surface area contributed by atoms with Gasteiger partial charge in [-0.3, -0.25) is 4.79 Å². The molecule has 1 fully saturated rings. The van der Waals surface area contributed by atoms with Crippen molar-refractivity contribution in [1.82, 2.24) is 5.32 Å². The van der Waals surface area contributed by atoms with Gasteiger partial charge in [-0.25, -0.2) is 8.78 Å². The quantitative estimate of drug-likeness (QED) is 0.390. The number of halogens is 2. The highest BCUT2D eigenvalue weighted by atomic mass is 19.1. The first-order chi connectivity index (χ1) is 14.7. The van der Waals surface area contributed by atoms with Gasteiger partial charge < -0.3 is 16.2 Å². The van der Waals surface area contributed by atoms with Gasteiger partial charge in [0.05, 0.1) is 7.85 Å². The summed E-state index contributed by atoms with van der Waals surface area (Å²) in [5, 5.41) is 12.9. The number of hydrogen-bond donors (Lipinski definition) is 3. The SMILES string of the molecule is [B]CCCC[C@@](N)(C(=O)O)C1CC(NCc2ccc(-c3cc(C)ccc3F)c(F)c2)C1. The summed E-state index contributed by atoms with van der Waals surface area (Å²) < 4.78 is 28.7. The summed E-state index contributed by atoms with van der Waals surface area (Å²) in [5.41, 5.74) is 7.10. The van der Waals surface area contributed by atoms with Crippen LogP contribution in [0.5, 0.6) is 0 Å². The number of unbranched alkanes of at least 4 members (excludes halogenated alkanes) is 1. The van der Waals surface area contributed by atoms with Crippen molar-refractivity contribution in [3.8, 4) is 11.1 Å². The van der Waals surface area contributed by atoms with E-state index in [1.165, 1.54) is 12.1 Å². The van der Waals surface area contributed by atoms with E-state index in [9.17, 15) is 18.7 Å². The summed E-state index contributed by atoms with van der Waals surface area (Å²) in [4.78, 5) is 11.7. The van der Waals surface area contributed by atoms with Crippen LogP contribution >= 0.6 is 0 Å². The molecule has 0 heterocycles. The molecule has 0 bridgehead atoms. The molecule has 0 unspecified atom stereocenters. The zero-order valence-corrected chi connectivity index (χ0v) is 17.8. The number of hydrogen-bond acceptors (Lipinski definition) is 3. The lowest BCUT2D eigenvalue weighted by atomic mass is 9.66. The summed E-state index contributed by atoms with van der Waals surface area (Å²) in [6.07, 6.45) is 3.73. The largest absolute Gasteiger partial charge is 0.480 e. The van der Waals surface area contributed by atoms with Crippen LogP contribution in [0.1, 0.15) is 43.2 Å². The normalized spacial score (nSPS) is 20.1. The minimum Gasteiger partial charge on any atom is -0.480 e. The van der Waals surface area contributed by atoms with Crippen molar-refractivity contribution >= 4 is 13.8 Å². The molecule has 0 aliphatic heterocycles. The molecule has 2 aromatic rings. The number of nitrogens with two attached hydrogens (primary N) is 1. The Morgan fingerprint density at radius 3 is 2.55 bits per heavy atom. The fourth-order valence-electron chi connectivity index (χ4n) is 4.25. The summed E-state index contributed by atoms with van der Waals surface area (Å²) in [7, 11) is 5.50. The van der Waals surface area contributed by atoms with Crippen LogP contribution < -0.4 is 11.1 Å². The van der Waals surface area contributed by atoms with Crippen molar-refractivity contribution in [1.29, 1.82) is 0 Å². The van der Waals surface area contributed by atoms with Gasteiger partial charge in [-0.2, -0.15) is 0 Å². The van der Waals surface area contributed by atoms with Crippen molar-refractivity contribution in [3.63, 3.8) is 0 Å². The predicted octanol–water partition coefficient (Wildman–Crippen LogP) is 4.35. The molecule has 4 N–H and O–H groups in total. The van der Waals surface area contributed by atoms with Crippen LogP contribution in [0.4, 0.5) is 8.78 Å². The van der Waals surface area contributed by atoms with E-state index in [2.05, 4.69) is 5.32 Å². The zero-order chi connectivity index (χ0) is 22.6. The van der Waals surface area contributed by atoms with Crippen LogP contribution in [0.3, 0.4) is 0 Å². The standard InChI is InChI=1S/C24H29BF2N2O2/c1-15-4-7-21(26)20(10-15)19-6-5-16(11-22(19)27)14-29-18-12-17(13-18)24(28,23(30)31)8-2-3-9-25/h4-7,10-11,17-18,29H,2-3,8-9,12-14,28H2,1H3,(H,30,31)/t17?,18?,24-/m0/s1. The Bertz CT molecular complexity index is 934. The van der Waals surface area contributed by atoms with Gasteiger partial charge >= 0.3 is 5.97 Å². The van der Waals surface area contributed by atoms with Crippen molar-refractivity contribution in [2.24, 2.45) is 11.7 Å². The average molecular weight is 426 g/mol. The number of aliphatic carboxylic acids is 1. The Kier molecular flexibility index (Phi) is 7.49. The molecule has 1 saturated carbocycles. The maximum absolute atomic E-state index is 14.6. The van der Waals surface area contributed by atoms with E-state index in [1.54, 1.807) is 24.3 Å². The molecular formula is C24H29BF2N2O2. The van der Waals surface area contributed by atoms with Crippen LogP contribution in [-0.4, -0.2) is 30.5 Å². The lowest BCUT2D eigenvalue weighted by Gasteiger charge is -2.45. The highest BCUT2D eigenvalue weighted by Gasteiger charge is 2.47. The molecule has 7 heteroatoms. The molecule has 4 nitrogen and oxygen atoms in total. The first kappa shape index (κ1) is 23.4. The molecule has 2 radical (unpaired) electrons. The Morgan fingerprint density at radius 2 is 1.90 bits per heavy atom. The maximum atomic E-state index is 14.6. The average Bonchev–Trinajstić information content (AvgIpc) is 2.69. The number of carboxylic acids is 1. The number of benzene rings is 2. The van der Waals surface area contributed by atoms with E-state index in [0.717, 1.165) is 17.5 Å². The van der Waals surface area contributed by atoms with Crippen LogP contribution in [0.2, 0.25) is 6.32 Å². The number of rotatable bonds is 10. The summed E-state index contributed by atoms with van der Waals surface area (Å²) in [6.45, 7) is 2.28. The zero-order valence-electron chi connectivity index (χ0n) is 17.8. The topological polar surface area (TPSA) is 75.4 Å². The second kappa shape index (κ2) is 9.92. The van der Waals surface area contributed by atoms with Gasteiger partial charge in [0.25, 0.3) is 0 Å². The highest BCUT2D eigenvalue weighted by Crippen LogP contribution is 2.38. The lowest BCUT2D eigenvalue weighted by Crippen LogP contribution is -2.60. The molecule has 0 aromatic heterocycles. The van der Waals surface area contributed by atoms with E-state index in [1.807, 2.05) is 6.92 Å². The molecular weight excluding hydrogens is 397 g/mol. The molecule has 0 spiro atoms. The lowest BCUT2D eigenvalue weighted by molar-refractivity contribution is -0.148. The van der Waals surface area contributed by atoms with Crippen molar-refractivity contribution in [3.05, 3.63) is 59.2 Å². The van der Waals surface area contributed by atoms with Crippen LogP contribution in [0.15, 0.2) is 36.4 Å². The molecule has 2 aromatic carbocycles. The third kappa shape index (κ3) is 5.33. The van der Waals surface area contributed by atoms with E-state index in [0.29, 0.717) is 38.5 Å². The van der Waals surface area contributed by atoms with Gasteiger partial charge in [-0.1, -0.05) is 42.9 Å². The van der Waals surface area contributed by atoms with Gasteiger partial charge in [0.1, 0.15) is 17.2 Å². The minimum atomic E-state index is -1.22. The predicted molar refractivity (Wildman–Crippen MR) is 119 cm³/mol. The van der Waals surface area contributed by atoms with Gasteiger partial charge in [-0.05, 0) is 55.9 Å². The third-order valence-electron chi connectivity index (χ3n) is 6.35.